The normalized spacial score (nSPS) is 12.0. The van der Waals surface area contributed by atoms with Crippen molar-refractivity contribution in [3.8, 4) is 0 Å². The Morgan fingerprint density at radius 3 is 2.50 bits per heavy atom. The van der Waals surface area contributed by atoms with Crippen LogP contribution in [0.4, 0.5) is 4.39 Å². The third-order valence-corrected chi connectivity index (χ3v) is 0.373. The highest BCUT2D eigenvalue weighted by atomic mass is 19.1. The van der Waals surface area contributed by atoms with Gasteiger partial charge in [-0.2, -0.15) is 4.39 Å². The van der Waals surface area contributed by atoms with Crippen LogP contribution < -0.4 is 0 Å². The van der Waals surface area contributed by atoms with Crippen LogP contribution in [0.3, 0.4) is 0 Å². The van der Waals surface area contributed by atoms with E-state index in [1.165, 1.54) is 0 Å². The van der Waals surface area contributed by atoms with Crippen LogP contribution in [0.1, 0.15) is 13.3 Å². The third kappa shape index (κ3) is 3.47. The maximum atomic E-state index is 11.1. The minimum absolute atomic E-state index is 0.544. The molecule has 0 unspecified atom stereocenters. The highest BCUT2D eigenvalue weighted by Gasteiger charge is 1.76. The Kier molecular flexibility index (Phi) is 2.46. The summed E-state index contributed by atoms with van der Waals surface area (Å²) in [6.45, 7) is 1.75. The molecule has 0 spiro atoms. The molecule has 1 N–H and O–H groups in total. The van der Waals surface area contributed by atoms with Gasteiger partial charge in [0.25, 0.3) is 6.01 Å². The Labute approximate surface area is 36.1 Å². The summed E-state index contributed by atoms with van der Waals surface area (Å²) in [6, 6.07) is -1.09. The van der Waals surface area contributed by atoms with Crippen molar-refractivity contribution < 1.29 is 9.50 Å². The summed E-state index contributed by atoms with van der Waals surface area (Å²) in [4.78, 5) is 0. The van der Waals surface area contributed by atoms with Crippen LogP contribution in [-0.2, 0) is 0 Å². The molecule has 0 bridgehead atoms. The van der Waals surface area contributed by atoms with Crippen molar-refractivity contribution in [3.63, 3.8) is 0 Å². The molecule has 2 heteroatoms. The van der Waals surface area contributed by atoms with Gasteiger partial charge in [-0.25, -0.2) is 0 Å². The van der Waals surface area contributed by atoms with E-state index in [0.29, 0.717) is 6.42 Å². The van der Waals surface area contributed by atoms with E-state index >= 15 is 0 Å². The molecular formula is C4H7FO. The number of halogens is 1. The molecule has 0 aliphatic rings. The van der Waals surface area contributed by atoms with Gasteiger partial charge in [0, 0.05) is 0 Å². The van der Waals surface area contributed by atoms with Crippen LogP contribution in [0.15, 0.2) is 12.1 Å². The zero-order chi connectivity index (χ0) is 4.99. The van der Waals surface area contributed by atoms with Gasteiger partial charge in [0.15, 0.2) is 0 Å². The molecule has 0 aliphatic heterocycles. The first kappa shape index (κ1) is 5.47. The molecule has 6 heavy (non-hydrogen) atoms. The minimum Gasteiger partial charge on any atom is -0.487 e. The van der Waals surface area contributed by atoms with Gasteiger partial charge in [-0.1, -0.05) is 6.92 Å². The predicted octanol–water partition coefficient (Wildman–Crippen LogP) is 1.77. The lowest BCUT2D eigenvalue weighted by Gasteiger charge is -1.75. The van der Waals surface area contributed by atoms with E-state index < -0.39 is 6.01 Å². The van der Waals surface area contributed by atoms with Gasteiger partial charge in [0.2, 0.25) is 0 Å². The summed E-state index contributed by atoms with van der Waals surface area (Å²) < 4.78 is 11.1. The molecule has 0 radical (unpaired) electrons. The second-order valence-electron chi connectivity index (χ2n) is 0.935. The number of aliphatic hydroxyl groups is 1. The van der Waals surface area contributed by atoms with E-state index in [-0.39, 0.29) is 0 Å². The standard InChI is InChI=1S/C4H7FO/c1-2-3-4(5)6/h3,6H,2H2,1H3/b4-3+. The van der Waals surface area contributed by atoms with Gasteiger partial charge in [-0.3, -0.25) is 0 Å². The van der Waals surface area contributed by atoms with Gasteiger partial charge in [-0.15, -0.1) is 0 Å². The molecule has 36 valence electrons. The van der Waals surface area contributed by atoms with Crippen molar-refractivity contribution in [1.29, 1.82) is 0 Å². The minimum atomic E-state index is -1.09. The van der Waals surface area contributed by atoms with Crippen molar-refractivity contribution in [2.45, 2.75) is 13.3 Å². The highest BCUT2D eigenvalue weighted by Crippen LogP contribution is 1.88. The maximum Gasteiger partial charge on any atom is 0.266 e. The zero-order valence-corrected chi connectivity index (χ0v) is 3.61. The van der Waals surface area contributed by atoms with E-state index in [0.717, 1.165) is 6.08 Å². The van der Waals surface area contributed by atoms with Gasteiger partial charge in [-0.05, 0) is 12.5 Å². The average Bonchev–Trinajstić information content (AvgIpc) is 1.35. The Balaban J connectivity index is 3.14. The van der Waals surface area contributed by atoms with E-state index in [2.05, 4.69) is 0 Å². The fraction of sp³-hybridized carbons (Fsp3) is 0.500. The molecule has 0 aliphatic carbocycles. The second-order valence-corrected chi connectivity index (χ2v) is 0.935. The van der Waals surface area contributed by atoms with E-state index in [1.54, 1.807) is 6.92 Å². The maximum absolute atomic E-state index is 11.1. The summed E-state index contributed by atoms with van der Waals surface area (Å²) in [6.07, 6.45) is 1.64. The molecule has 0 saturated heterocycles. The van der Waals surface area contributed by atoms with E-state index in [9.17, 15) is 4.39 Å². The van der Waals surface area contributed by atoms with Crippen molar-refractivity contribution in [2.75, 3.05) is 0 Å². The fourth-order valence-electron chi connectivity index (χ4n) is 0.168. The Bertz CT molecular complexity index is 54.6. The summed E-state index contributed by atoms with van der Waals surface area (Å²) in [7, 11) is 0. The van der Waals surface area contributed by atoms with Crippen LogP contribution in [0.2, 0.25) is 0 Å². The SMILES string of the molecule is CC/C=C(/O)F. The Hall–Kier alpha value is -0.530. The summed E-state index contributed by atoms with van der Waals surface area (Å²) in [5.74, 6) is 0. The molecule has 0 heterocycles. The lowest BCUT2D eigenvalue weighted by Crippen LogP contribution is -1.62. The Morgan fingerprint density at radius 1 is 2.00 bits per heavy atom. The van der Waals surface area contributed by atoms with Crippen molar-refractivity contribution in [1.82, 2.24) is 0 Å². The fourth-order valence-corrected chi connectivity index (χ4v) is 0.168. The molecule has 0 aromatic heterocycles. The predicted molar refractivity (Wildman–Crippen MR) is 22.1 cm³/mol. The van der Waals surface area contributed by atoms with Crippen LogP contribution >= 0.6 is 0 Å². The number of hydrogen-bond acceptors (Lipinski definition) is 1. The second kappa shape index (κ2) is 2.69. The smallest absolute Gasteiger partial charge is 0.266 e. The number of rotatable bonds is 1. The molecule has 0 atom stereocenters. The summed E-state index contributed by atoms with van der Waals surface area (Å²) in [5, 5.41) is 7.75. The van der Waals surface area contributed by atoms with E-state index in [4.69, 9.17) is 5.11 Å². The van der Waals surface area contributed by atoms with Gasteiger partial charge in [0.1, 0.15) is 0 Å². The molecule has 0 fully saturated rings. The first-order valence-electron chi connectivity index (χ1n) is 1.82. The molecule has 0 aromatic rings. The van der Waals surface area contributed by atoms with Gasteiger partial charge >= 0.3 is 0 Å². The number of aliphatic hydroxyl groups excluding tert-OH is 1. The molecule has 0 saturated carbocycles. The molecule has 0 amide bonds. The van der Waals surface area contributed by atoms with Crippen molar-refractivity contribution in [3.05, 3.63) is 12.1 Å². The first-order chi connectivity index (χ1) is 2.77. The van der Waals surface area contributed by atoms with Crippen LogP contribution in [0.25, 0.3) is 0 Å². The van der Waals surface area contributed by atoms with Crippen LogP contribution in [0, 0.1) is 0 Å². The lowest BCUT2D eigenvalue weighted by molar-refractivity contribution is 0.281. The summed E-state index contributed by atoms with van der Waals surface area (Å²) in [5.41, 5.74) is 0. The largest absolute Gasteiger partial charge is 0.487 e. The van der Waals surface area contributed by atoms with Crippen molar-refractivity contribution in [2.24, 2.45) is 0 Å². The van der Waals surface area contributed by atoms with Crippen LogP contribution in [0.5, 0.6) is 0 Å². The average molecular weight is 90.1 g/mol. The lowest BCUT2D eigenvalue weighted by atomic mass is 10.5. The van der Waals surface area contributed by atoms with Gasteiger partial charge in [0.05, 0.1) is 0 Å². The van der Waals surface area contributed by atoms with Crippen LogP contribution in [-0.4, -0.2) is 5.11 Å². The molecular weight excluding hydrogens is 83.0 g/mol. The van der Waals surface area contributed by atoms with Gasteiger partial charge < -0.3 is 5.11 Å². The highest BCUT2D eigenvalue weighted by molar-refractivity contribution is 4.76. The summed E-state index contributed by atoms with van der Waals surface area (Å²) >= 11 is 0. The molecule has 0 rings (SSSR count). The third-order valence-electron chi connectivity index (χ3n) is 0.373. The zero-order valence-electron chi connectivity index (χ0n) is 3.61. The first-order valence-corrected chi connectivity index (χ1v) is 1.82. The quantitative estimate of drug-likeness (QED) is 0.486. The molecule has 1 nitrogen and oxygen atoms in total. The Morgan fingerprint density at radius 2 is 2.50 bits per heavy atom. The monoisotopic (exact) mass is 90.0 g/mol. The van der Waals surface area contributed by atoms with Crippen molar-refractivity contribution >= 4 is 0 Å². The number of hydrogen-bond donors (Lipinski definition) is 1. The topological polar surface area (TPSA) is 20.2 Å². The number of allylic oxidation sites excluding steroid dienone is 1. The molecule has 0 aromatic carbocycles. The van der Waals surface area contributed by atoms with E-state index in [1.807, 2.05) is 0 Å².